The van der Waals surface area contributed by atoms with Gasteiger partial charge < -0.3 is 19.6 Å². The number of halogens is 1. The first kappa shape index (κ1) is 21.7. The predicted molar refractivity (Wildman–Crippen MR) is 124 cm³/mol. The monoisotopic (exact) mass is 475 g/mol. The Balaban J connectivity index is 1.66. The number of nitrogens with one attached hydrogen (secondary N) is 1. The average molecular weight is 476 g/mol. The fourth-order valence-electron chi connectivity index (χ4n) is 4.50. The van der Waals surface area contributed by atoms with Crippen LogP contribution in [0.5, 0.6) is 0 Å². The van der Waals surface area contributed by atoms with Crippen LogP contribution in [0.4, 0.5) is 0 Å². The van der Waals surface area contributed by atoms with Gasteiger partial charge >= 0.3 is 11.9 Å². The van der Waals surface area contributed by atoms with Gasteiger partial charge in [-0.25, -0.2) is 9.59 Å². The maximum atomic E-state index is 13.4. The Bertz CT molecular complexity index is 1460. The zero-order chi connectivity index (χ0) is 24.1. The molecule has 170 valence electrons. The lowest BCUT2D eigenvalue weighted by Gasteiger charge is -2.27. The number of carboxylic acid groups (broad SMARTS) is 1. The molecular formula is C26H18ClNO6. The summed E-state index contributed by atoms with van der Waals surface area (Å²) in [5, 5.41) is 12.7. The van der Waals surface area contributed by atoms with E-state index in [0.717, 1.165) is 5.56 Å². The maximum absolute atomic E-state index is 13.4. The second kappa shape index (κ2) is 8.04. The van der Waals surface area contributed by atoms with Crippen molar-refractivity contribution >= 4 is 35.0 Å². The standard InChI is InChI=1S/C26H18ClNO6/c1-12-20(26(32)33-2)21(22-23(28-12)14-5-3-4-6-15(14)24(22)29)19-10-9-18(34-19)13-7-8-17(27)16(11-13)25(30)31/h3-11,21,28H,1-2H3,(H,30,31)/t21-/m0/s1. The van der Waals surface area contributed by atoms with Crippen molar-refractivity contribution in [3.05, 3.63) is 98.9 Å². The van der Waals surface area contributed by atoms with Gasteiger partial charge in [0.2, 0.25) is 0 Å². The van der Waals surface area contributed by atoms with E-state index >= 15 is 0 Å². The van der Waals surface area contributed by atoms with E-state index in [1.165, 1.54) is 19.2 Å². The molecule has 3 aromatic rings. The van der Waals surface area contributed by atoms with Gasteiger partial charge in [-0.15, -0.1) is 0 Å². The van der Waals surface area contributed by atoms with Crippen LogP contribution in [0, 0.1) is 0 Å². The van der Waals surface area contributed by atoms with Crippen molar-refractivity contribution in [3.63, 3.8) is 0 Å². The minimum Gasteiger partial charge on any atom is -0.478 e. The molecule has 5 rings (SSSR count). The molecule has 0 amide bonds. The Morgan fingerprint density at radius 3 is 2.53 bits per heavy atom. The summed E-state index contributed by atoms with van der Waals surface area (Å²) < 4.78 is 11.1. The van der Waals surface area contributed by atoms with E-state index in [1.807, 2.05) is 12.1 Å². The lowest BCUT2D eigenvalue weighted by Crippen LogP contribution is -2.28. The molecular weight excluding hydrogens is 458 g/mol. The second-order valence-corrected chi connectivity index (χ2v) is 8.36. The number of hydrogen-bond donors (Lipinski definition) is 2. The number of rotatable bonds is 4. The number of carbonyl (C=O) groups excluding carboxylic acids is 2. The van der Waals surface area contributed by atoms with Crippen molar-refractivity contribution in [2.45, 2.75) is 12.8 Å². The molecule has 34 heavy (non-hydrogen) atoms. The molecule has 0 spiro atoms. The highest BCUT2D eigenvalue weighted by Gasteiger charge is 2.44. The SMILES string of the molecule is COC(=O)C1=C(C)NC2=C(C(=O)c3ccccc32)[C@H]1c1ccc(-c2ccc(Cl)c(C(=O)O)c2)o1. The molecule has 2 aliphatic rings. The smallest absolute Gasteiger partial charge is 0.337 e. The first-order chi connectivity index (χ1) is 16.3. The van der Waals surface area contributed by atoms with Crippen LogP contribution in [0.1, 0.15) is 44.9 Å². The lowest BCUT2D eigenvalue weighted by atomic mass is 9.83. The minimum atomic E-state index is -1.16. The van der Waals surface area contributed by atoms with Gasteiger partial charge in [0.1, 0.15) is 11.5 Å². The van der Waals surface area contributed by atoms with Crippen molar-refractivity contribution in [3.8, 4) is 11.3 Å². The molecule has 8 heteroatoms. The summed E-state index contributed by atoms with van der Waals surface area (Å²) in [4.78, 5) is 37.7. The molecule has 2 N–H and O–H groups in total. The number of carbonyl (C=O) groups is 3. The number of hydrogen-bond acceptors (Lipinski definition) is 6. The topological polar surface area (TPSA) is 106 Å². The molecule has 0 radical (unpaired) electrons. The molecule has 1 aliphatic heterocycles. The lowest BCUT2D eigenvalue weighted by molar-refractivity contribution is -0.136. The van der Waals surface area contributed by atoms with Gasteiger partial charge in [0.15, 0.2) is 5.78 Å². The van der Waals surface area contributed by atoms with Crippen LogP contribution in [-0.2, 0) is 9.53 Å². The van der Waals surface area contributed by atoms with Crippen LogP contribution in [-0.4, -0.2) is 29.9 Å². The highest BCUT2D eigenvalue weighted by molar-refractivity contribution is 6.33. The highest BCUT2D eigenvalue weighted by atomic mass is 35.5. The normalized spacial score (nSPS) is 16.8. The zero-order valence-electron chi connectivity index (χ0n) is 18.1. The number of fused-ring (bicyclic) bond motifs is 2. The van der Waals surface area contributed by atoms with Gasteiger partial charge in [-0.05, 0) is 37.3 Å². The number of allylic oxidation sites excluding steroid dienone is 2. The fourth-order valence-corrected chi connectivity index (χ4v) is 4.70. The molecule has 0 bridgehead atoms. The summed E-state index contributed by atoms with van der Waals surface area (Å²) in [6.45, 7) is 1.75. The first-order valence-electron chi connectivity index (χ1n) is 10.4. The number of methoxy groups -OCH3 is 1. The number of dihydropyridines is 1. The molecule has 2 heterocycles. The highest BCUT2D eigenvalue weighted by Crippen LogP contribution is 2.47. The van der Waals surface area contributed by atoms with Crippen molar-refractivity contribution in [1.29, 1.82) is 0 Å². The third-order valence-corrected chi connectivity index (χ3v) is 6.38. The Hall–Kier alpha value is -4.10. The van der Waals surface area contributed by atoms with Crippen LogP contribution < -0.4 is 5.32 Å². The molecule has 0 saturated carbocycles. The predicted octanol–water partition coefficient (Wildman–Crippen LogP) is 5.04. The Morgan fingerprint density at radius 1 is 1.09 bits per heavy atom. The third kappa shape index (κ3) is 3.24. The molecule has 0 saturated heterocycles. The van der Waals surface area contributed by atoms with E-state index < -0.39 is 17.9 Å². The fraction of sp³-hybridized carbons (Fsp3) is 0.115. The Kier molecular flexibility index (Phi) is 5.14. The number of ether oxygens (including phenoxy) is 1. The van der Waals surface area contributed by atoms with Gasteiger partial charge in [0, 0.05) is 28.0 Å². The number of furan rings is 1. The molecule has 0 unspecified atom stereocenters. The summed E-state index contributed by atoms with van der Waals surface area (Å²) in [6, 6.07) is 15.1. The molecule has 0 fully saturated rings. The largest absolute Gasteiger partial charge is 0.478 e. The molecule has 1 aromatic heterocycles. The average Bonchev–Trinajstić information content (AvgIpc) is 3.42. The Labute approximate surface area is 199 Å². The zero-order valence-corrected chi connectivity index (χ0v) is 18.9. The van der Waals surface area contributed by atoms with Crippen molar-refractivity contribution in [1.82, 2.24) is 5.32 Å². The van der Waals surface area contributed by atoms with Crippen molar-refractivity contribution in [2.24, 2.45) is 0 Å². The third-order valence-electron chi connectivity index (χ3n) is 6.05. The van der Waals surface area contributed by atoms with Gasteiger partial charge in [0.05, 0.1) is 34.9 Å². The summed E-state index contributed by atoms with van der Waals surface area (Å²) in [5.41, 5.74) is 3.59. The van der Waals surface area contributed by atoms with Crippen LogP contribution in [0.3, 0.4) is 0 Å². The number of Topliss-reactive ketones (excluding diaryl/α,β-unsaturated/α-hetero) is 1. The summed E-state index contributed by atoms with van der Waals surface area (Å²) in [6.07, 6.45) is 0. The van der Waals surface area contributed by atoms with E-state index in [0.29, 0.717) is 39.6 Å². The number of esters is 1. The number of aromatic carboxylic acids is 1. The van der Waals surface area contributed by atoms with E-state index in [4.69, 9.17) is 20.8 Å². The number of carboxylic acids is 1. The van der Waals surface area contributed by atoms with Crippen LogP contribution in [0.25, 0.3) is 17.0 Å². The van der Waals surface area contributed by atoms with Gasteiger partial charge in [-0.1, -0.05) is 35.9 Å². The number of benzene rings is 2. The molecule has 2 aromatic carbocycles. The van der Waals surface area contributed by atoms with Crippen LogP contribution in [0.15, 0.2) is 75.9 Å². The van der Waals surface area contributed by atoms with Gasteiger partial charge in [-0.2, -0.15) is 0 Å². The maximum Gasteiger partial charge on any atom is 0.337 e. The molecule has 1 atom stereocenters. The number of ketones is 1. The van der Waals surface area contributed by atoms with Crippen LogP contribution in [0.2, 0.25) is 5.02 Å². The summed E-state index contributed by atoms with van der Waals surface area (Å²) in [7, 11) is 1.28. The van der Waals surface area contributed by atoms with Crippen molar-refractivity contribution < 1.29 is 28.6 Å². The molecule has 1 aliphatic carbocycles. The van der Waals surface area contributed by atoms with E-state index in [9.17, 15) is 19.5 Å². The second-order valence-electron chi connectivity index (χ2n) is 7.95. The van der Waals surface area contributed by atoms with Gasteiger partial charge in [0.25, 0.3) is 0 Å². The van der Waals surface area contributed by atoms with Gasteiger partial charge in [-0.3, -0.25) is 4.79 Å². The van der Waals surface area contributed by atoms with E-state index in [1.54, 1.807) is 37.3 Å². The Morgan fingerprint density at radius 2 is 1.82 bits per heavy atom. The first-order valence-corrected chi connectivity index (χ1v) is 10.8. The minimum absolute atomic E-state index is 0.0589. The van der Waals surface area contributed by atoms with Crippen molar-refractivity contribution in [2.75, 3.05) is 7.11 Å². The van der Waals surface area contributed by atoms with E-state index in [-0.39, 0.29) is 21.9 Å². The summed E-state index contributed by atoms with van der Waals surface area (Å²) in [5.74, 6) is -2.01. The van der Waals surface area contributed by atoms with Crippen LogP contribution >= 0.6 is 11.6 Å². The van der Waals surface area contributed by atoms with E-state index in [2.05, 4.69) is 5.32 Å². The molecule has 7 nitrogen and oxygen atoms in total. The quantitative estimate of drug-likeness (QED) is 0.509. The summed E-state index contributed by atoms with van der Waals surface area (Å²) >= 11 is 5.99.